The van der Waals surface area contributed by atoms with E-state index in [1.165, 1.54) is 31.4 Å². The highest BCUT2D eigenvalue weighted by Gasteiger charge is 2.62. The molecule has 5 nitrogen and oxygen atoms in total. The van der Waals surface area contributed by atoms with Crippen LogP contribution in [0.4, 0.5) is 11.4 Å². The second-order valence-electron chi connectivity index (χ2n) is 9.17. The molecule has 5 rings (SSSR count). The molecule has 4 aliphatic carbocycles. The molecule has 4 aliphatic rings. The van der Waals surface area contributed by atoms with Gasteiger partial charge in [-0.2, -0.15) is 0 Å². The molecule has 2 unspecified atom stereocenters. The van der Waals surface area contributed by atoms with Gasteiger partial charge in [-0.15, -0.1) is 0 Å². The first-order valence-electron chi connectivity index (χ1n) is 8.77. The van der Waals surface area contributed by atoms with Crippen molar-refractivity contribution in [1.29, 1.82) is 0 Å². The van der Waals surface area contributed by atoms with Gasteiger partial charge in [-0.3, -0.25) is 14.9 Å². The van der Waals surface area contributed by atoms with Crippen LogP contribution in [0, 0.1) is 32.3 Å². The molecule has 0 radical (unpaired) electrons. The summed E-state index contributed by atoms with van der Waals surface area (Å²) < 4.78 is 0. The Morgan fingerprint density at radius 1 is 1.08 bits per heavy atom. The van der Waals surface area contributed by atoms with E-state index in [4.69, 9.17) is 0 Å². The number of anilines is 1. The number of hydrogen-bond donors (Lipinski definition) is 1. The molecular weight excluding hydrogens is 304 g/mol. The van der Waals surface area contributed by atoms with Crippen LogP contribution in [0.3, 0.4) is 0 Å². The predicted molar refractivity (Wildman–Crippen MR) is 91.6 cm³/mol. The largest absolute Gasteiger partial charge is 0.326 e. The highest BCUT2D eigenvalue weighted by Crippen LogP contribution is 2.69. The van der Waals surface area contributed by atoms with Gasteiger partial charge in [-0.05, 0) is 67.4 Å². The van der Waals surface area contributed by atoms with E-state index < -0.39 is 4.92 Å². The van der Waals surface area contributed by atoms with Crippen LogP contribution in [-0.2, 0) is 4.79 Å². The fourth-order valence-electron chi connectivity index (χ4n) is 6.63. The zero-order valence-corrected chi connectivity index (χ0v) is 14.3. The SMILES string of the molecule is CC12CC3CC(C)(C1)CC(C(=O)Nc1ccc([N+](=O)[O-])cc1)(C3)C2. The first-order valence-corrected chi connectivity index (χ1v) is 8.77. The summed E-state index contributed by atoms with van der Waals surface area (Å²) in [6, 6.07) is 6.13. The second-order valence-corrected chi connectivity index (χ2v) is 9.17. The van der Waals surface area contributed by atoms with Crippen molar-refractivity contribution >= 4 is 17.3 Å². The lowest BCUT2D eigenvalue weighted by Crippen LogP contribution is -2.58. The Kier molecular flexibility index (Phi) is 3.12. The summed E-state index contributed by atoms with van der Waals surface area (Å²) in [6.45, 7) is 4.70. The predicted octanol–water partition coefficient (Wildman–Crippen LogP) is 4.53. The molecule has 5 heteroatoms. The number of hydrogen-bond acceptors (Lipinski definition) is 3. The topological polar surface area (TPSA) is 72.2 Å². The third-order valence-electron chi connectivity index (χ3n) is 6.44. The summed E-state index contributed by atoms with van der Waals surface area (Å²) in [5.41, 5.74) is 1.02. The normalized spacial score (nSPS) is 39.7. The third-order valence-corrected chi connectivity index (χ3v) is 6.44. The number of nitro benzene ring substituents is 1. The van der Waals surface area contributed by atoms with Crippen molar-refractivity contribution in [3.63, 3.8) is 0 Å². The minimum Gasteiger partial charge on any atom is -0.326 e. The van der Waals surface area contributed by atoms with Crippen molar-refractivity contribution in [2.75, 3.05) is 5.32 Å². The van der Waals surface area contributed by atoms with Crippen LogP contribution >= 0.6 is 0 Å². The molecule has 0 spiro atoms. The van der Waals surface area contributed by atoms with E-state index in [-0.39, 0.29) is 17.0 Å². The molecule has 0 saturated heterocycles. The maximum Gasteiger partial charge on any atom is 0.269 e. The minimum absolute atomic E-state index is 0.0443. The number of non-ortho nitro benzene ring substituents is 1. The van der Waals surface area contributed by atoms with Crippen LogP contribution in [0.5, 0.6) is 0 Å². The summed E-state index contributed by atoms with van der Waals surface area (Å²) >= 11 is 0. The van der Waals surface area contributed by atoms with E-state index in [9.17, 15) is 14.9 Å². The molecule has 0 aliphatic heterocycles. The second kappa shape index (κ2) is 4.80. The van der Waals surface area contributed by atoms with Gasteiger partial charge in [0, 0.05) is 17.8 Å². The smallest absolute Gasteiger partial charge is 0.269 e. The average Bonchev–Trinajstić information content (AvgIpc) is 2.43. The Bertz CT molecular complexity index is 694. The van der Waals surface area contributed by atoms with Crippen LogP contribution in [0.1, 0.15) is 52.4 Å². The van der Waals surface area contributed by atoms with Crippen molar-refractivity contribution < 1.29 is 9.72 Å². The lowest BCUT2D eigenvalue weighted by atomic mass is 9.40. The van der Waals surface area contributed by atoms with E-state index >= 15 is 0 Å². The molecule has 4 bridgehead atoms. The molecular formula is C19H24N2O3. The highest BCUT2D eigenvalue weighted by molar-refractivity contribution is 5.95. The molecule has 4 saturated carbocycles. The number of carbonyl (C=O) groups excluding carboxylic acids is 1. The molecule has 128 valence electrons. The summed E-state index contributed by atoms with van der Waals surface area (Å²) in [4.78, 5) is 23.5. The average molecular weight is 328 g/mol. The van der Waals surface area contributed by atoms with E-state index in [2.05, 4.69) is 19.2 Å². The van der Waals surface area contributed by atoms with Crippen LogP contribution in [0.2, 0.25) is 0 Å². The van der Waals surface area contributed by atoms with Gasteiger partial charge in [0.25, 0.3) is 5.69 Å². The van der Waals surface area contributed by atoms with Gasteiger partial charge in [0.1, 0.15) is 0 Å². The minimum atomic E-state index is -0.424. The van der Waals surface area contributed by atoms with Crippen LogP contribution in [0.25, 0.3) is 0 Å². The van der Waals surface area contributed by atoms with E-state index in [1.807, 2.05) is 0 Å². The van der Waals surface area contributed by atoms with Crippen LogP contribution in [-0.4, -0.2) is 10.8 Å². The van der Waals surface area contributed by atoms with E-state index in [0.29, 0.717) is 22.4 Å². The van der Waals surface area contributed by atoms with Gasteiger partial charge in [0.2, 0.25) is 5.91 Å². The number of amides is 1. The van der Waals surface area contributed by atoms with Crippen molar-refractivity contribution in [2.24, 2.45) is 22.2 Å². The van der Waals surface area contributed by atoms with Gasteiger partial charge in [-0.25, -0.2) is 0 Å². The lowest BCUT2D eigenvalue weighted by Gasteiger charge is -2.64. The van der Waals surface area contributed by atoms with Gasteiger partial charge in [0.15, 0.2) is 0 Å². The molecule has 1 N–H and O–H groups in total. The Labute approximate surface area is 142 Å². The number of nitro groups is 1. The van der Waals surface area contributed by atoms with Crippen molar-refractivity contribution in [1.82, 2.24) is 0 Å². The van der Waals surface area contributed by atoms with Gasteiger partial charge in [0.05, 0.1) is 10.3 Å². The summed E-state index contributed by atoms with van der Waals surface area (Å²) in [6.07, 6.45) is 6.71. The first kappa shape index (κ1) is 15.6. The van der Waals surface area contributed by atoms with Crippen LogP contribution < -0.4 is 5.32 Å². The standard InChI is InChI=1S/C19H24N2O3/c1-17-7-13-8-18(2,10-17)12-19(9-13,11-17)16(22)20-14-3-5-15(6-4-14)21(23)24/h3-6,13H,7-12H2,1-2H3,(H,20,22). The molecule has 2 atom stereocenters. The Hall–Kier alpha value is -1.91. The molecule has 1 aromatic carbocycles. The quantitative estimate of drug-likeness (QED) is 0.654. The number of carbonyl (C=O) groups is 1. The zero-order chi connectivity index (χ0) is 17.2. The summed E-state index contributed by atoms with van der Waals surface area (Å²) in [5.74, 6) is 0.775. The molecule has 4 fully saturated rings. The van der Waals surface area contributed by atoms with Crippen LogP contribution in [0.15, 0.2) is 24.3 Å². The molecule has 0 heterocycles. The Morgan fingerprint density at radius 3 is 2.17 bits per heavy atom. The van der Waals surface area contributed by atoms with Crippen molar-refractivity contribution in [3.05, 3.63) is 34.4 Å². The highest BCUT2D eigenvalue weighted by atomic mass is 16.6. The van der Waals surface area contributed by atoms with Crippen molar-refractivity contribution in [2.45, 2.75) is 52.4 Å². The summed E-state index contributed by atoms with van der Waals surface area (Å²) in [7, 11) is 0. The van der Waals surface area contributed by atoms with Crippen molar-refractivity contribution in [3.8, 4) is 0 Å². The number of benzene rings is 1. The maximum absolute atomic E-state index is 13.1. The van der Waals surface area contributed by atoms with Gasteiger partial charge in [-0.1, -0.05) is 13.8 Å². The molecule has 24 heavy (non-hydrogen) atoms. The third kappa shape index (κ3) is 2.41. The number of nitrogens with zero attached hydrogens (tertiary/aromatic N) is 1. The number of rotatable bonds is 3. The summed E-state index contributed by atoms with van der Waals surface area (Å²) in [5, 5.41) is 13.8. The maximum atomic E-state index is 13.1. The zero-order valence-electron chi connectivity index (χ0n) is 14.3. The van der Waals surface area contributed by atoms with E-state index in [0.717, 1.165) is 19.3 Å². The van der Waals surface area contributed by atoms with Gasteiger partial charge >= 0.3 is 0 Å². The monoisotopic (exact) mass is 328 g/mol. The molecule has 1 amide bonds. The fraction of sp³-hybridized carbons (Fsp3) is 0.632. The van der Waals surface area contributed by atoms with Gasteiger partial charge < -0.3 is 5.32 Å². The lowest BCUT2D eigenvalue weighted by molar-refractivity contribution is -0.384. The van der Waals surface area contributed by atoms with E-state index in [1.54, 1.807) is 12.1 Å². The number of nitrogens with one attached hydrogen (secondary N) is 1. The first-order chi connectivity index (χ1) is 11.2. The fourth-order valence-corrected chi connectivity index (χ4v) is 6.63. The Balaban J connectivity index is 1.57. The molecule has 1 aromatic rings. The molecule has 0 aromatic heterocycles. The Morgan fingerprint density at radius 2 is 1.67 bits per heavy atom.